The lowest BCUT2D eigenvalue weighted by atomic mass is 10.0. The Kier molecular flexibility index (Phi) is 5.57. The fourth-order valence-electron chi connectivity index (χ4n) is 1.77. The lowest BCUT2D eigenvalue weighted by molar-refractivity contribution is 0.0569. The summed E-state index contributed by atoms with van der Waals surface area (Å²) in [5, 5.41) is 3.20. The highest BCUT2D eigenvalue weighted by atomic mass is 32.2. The van der Waals surface area contributed by atoms with Crippen LogP contribution in [0.5, 0.6) is 0 Å². The Morgan fingerprint density at radius 3 is 2.63 bits per heavy atom. The fourth-order valence-corrected chi connectivity index (χ4v) is 2.56. The first kappa shape index (κ1) is 16.2. The van der Waals surface area contributed by atoms with E-state index in [4.69, 9.17) is 4.74 Å². The van der Waals surface area contributed by atoms with Crippen molar-refractivity contribution < 1.29 is 17.9 Å². The van der Waals surface area contributed by atoms with E-state index in [0.29, 0.717) is 6.54 Å². The van der Waals surface area contributed by atoms with E-state index in [1.54, 1.807) is 20.8 Å². The van der Waals surface area contributed by atoms with Crippen molar-refractivity contribution in [2.75, 3.05) is 19.6 Å². The minimum absolute atomic E-state index is 0.254. The molecule has 8 heteroatoms. The van der Waals surface area contributed by atoms with Crippen LogP contribution < -0.4 is 14.8 Å². The number of carbonyl (C=O) groups excluding carboxylic acids is 1. The maximum Gasteiger partial charge on any atom is 0.422 e. The molecular weight excluding hydrogens is 270 g/mol. The van der Waals surface area contributed by atoms with Crippen LogP contribution in [-0.2, 0) is 14.9 Å². The number of ether oxygens (including phenoxy) is 1. The summed E-state index contributed by atoms with van der Waals surface area (Å²) in [4.78, 5) is 11.4. The molecule has 1 amide bonds. The topological polar surface area (TPSA) is 96.5 Å². The zero-order valence-corrected chi connectivity index (χ0v) is 12.5. The van der Waals surface area contributed by atoms with Crippen LogP contribution in [0, 0.1) is 5.92 Å². The van der Waals surface area contributed by atoms with Crippen molar-refractivity contribution in [2.24, 2.45) is 5.92 Å². The average Bonchev–Trinajstić information content (AvgIpc) is 2.24. The van der Waals surface area contributed by atoms with E-state index in [1.807, 2.05) is 4.72 Å². The summed E-state index contributed by atoms with van der Waals surface area (Å²) in [5.41, 5.74) is -0.729. The molecule has 1 fully saturated rings. The second kappa shape index (κ2) is 6.53. The van der Waals surface area contributed by atoms with Crippen molar-refractivity contribution in [3.05, 3.63) is 0 Å². The summed E-state index contributed by atoms with van der Waals surface area (Å²) >= 11 is 0. The third-order valence-corrected chi connectivity index (χ3v) is 3.56. The Bertz CT molecular complexity index is 397. The monoisotopic (exact) mass is 293 g/mol. The van der Waals surface area contributed by atoms with Gasteiger partial charge in [-0.05, 0) is 52.6 Å². The molecule has 19 heavy (non-hydrogen) atoms. The summed E-state index contributed by atoms with van der Waals surface area (Å²) in [6.07, 6.45) is 1.04. The second-order valence-corrected chi connectivity index (χ2v) is 7.17. The molecule has 0 aromatic rings. The Morgan fingerprint density at radius 1 is 1.42 bits per heavy atom. The number of carbonyl (C=O) groups is 1. The molecule has 0 aromatic carbocycles. The third kappa shape index (κ3) is 7.34. The molecule has 1 rings (SSSR count). The number of piperidine rings is 1. The van der Waals surface area contributed by atoms with Gasteiger partial charge >= 0.3 is 16.3 Å². The molecule has 3 N–H and O–H groups in total. The highest BCUT2D eigenvalue weighted by molar-refractivity contribution is 7.88. The first-order chi connectivity index (χ1) is 8.68. The molecule has 0 spiro atoms. The second-order valence-electron chi connectivity index (χ2n) is 5.67. The smallest absolute Gasteiger partial charge is 0.422 e. The van der Waals surface area contributed by atoms with E-state index in [-0.39, 0.29) is 5.92 Å². The summed E-state index contributed by atoms with van der Waals surface area (Å²) in [6, 6.07) is 0. The van der Waals surface area contributed by atoms with Gasteiger partial charge in [-0.25, -0.2) is 9.52 Å². The Morgan fingerprint density at radius 2 is 2.11 bits per heavy atom. The standard InChI is InChI=1S/C11H23N3O4S/c1-11(2,3)18-10(15)14-19(16,17)13-8-9-5-4-6-12-7-9/h9,12-13H,4-8H2,1-3H3,(H,14,15). The van der Waals surface area contributed by atoms with Crippen LogP contribution in [0.15, 0.2) is 0 Å². The molecular formula is C11H23N3O4S. The maximum absolute atomic E-state index is 11.6. The largest absolute Gasteiger partial charge is 0.443 e. The van der Waals surface area contributed by atoms with E-state index >= 15 is 0 Å². The van der Waals surface area contributed by atoms with Gasteiger partial charge in [0.1, 0.15) is 5.60 Å². The molecule has 1 heterocycles. The zero-order valence-electron chi connectivity index (χ0n) is 11.7. The molecule has 1 aliphatic rings. The number of hydrogen-bond acceptors (Lipinski definition) is 5. The van der Waals surface area contributed by atoms with Gasteiger partial charge in [-0.15, -0.1) is 0 Å². The summed E-state index contributed by atoms with van der Waals surface area (Å²) in [6.45, 7) is 7.07. The van der Waals surface area contributed by atoms with E-state index in [1.165, 1.54) is 0 Å². The quantitative estimate of drug-likeness (QED) is 0.695. The van der Waals surface area contributed by atoms with Crippen molar-refractivity contribution in [2.45, 2.75) is 39.2 Å². The maximum atomic E-state index is 11.6. The van der Waals surface area contributed by atoms with Gasteiger partial charge in [-0.3, -0.25) is 0 Å². The number of rotatable bonds is 4. The molecule has 1 unspecified atom stereocenters. The molecule has 0 radical (unpaired) electrons. The molecule has 1 saturated heterocycles. The highest BCUT2D eigenvalue weighted by Crippen LogP contribution is 2.09. The fraction of sp³-hybridized carbons (Fsp3) is 0.909. The molecule has 0 saturated carbocycles. The van der Waals surface area contributed by atoms with Gasteiger partial charge in [0.2, 0.25) is 0 Å². The Hall–Kier alpha value is -0.860. The molecule has 7 nitrogen and oxygen atoms in total. The van der Waals surface area contributed by atoms with Crippen LogP contribution in [0.4, 0.5) is 4.79 Å². The molecule has 0 aliphatic carbocycles. The molecule has 0 aromatic heterocycles. The number of amides is 1. The van der Waals surface area contributed by atoms with Gasteiger partial charge in [0.15, 0.2) is 0 Å². The van der Waals surface area contributed by atoms with Gasteiger partial charge < -0.3 is 10.1 Å². The lowest BCUT2D eigenvalue weighted by Gasteiger charge is -2.23. The van der Waals surface area contributed by atoms with Crippen LogP contribution in [0.3, 0.4) is 0 Å². The van der Waals surface area contributed by atoms with Gasteiger partial charge in [-0.2, -0.15) is 13.1 Å². The zero-order chi connectivity index (χ0) is 14.5. The minimum Gasteiger partial charge on any atom is -0.443 e. The predicted molar refractivity (Wildman–Crippen MR) is 71.9 cm³/mol. The summed E-state index contributed by atoms with van der Waals surface area (Å²) < 4.78 is 32.3. The Labute approximate surface area is 114 Å². The van der Waals surface area contributed by atoms with E-state index in [2.05, 4.69) is 10.0 Å². The average molecular weight is 293 g/mol. The number of nitrogens with one attached hydrogen (secondary N) is 3. The van der Waals surface area contributed by atoms with Gasteiger partial charge in [0, 0.05) is 6.54 Å². The van der Waals surface area contributed by atoms with Gasteiger partial charge in [0.05, 0.1) is 0 Å². The summed E-state index contributed by atoms with van der Waals surface area (Å²) in [5.74, 6) is 0.254. The van der Waals surface area contributed by atoms with Crippen molar-refractivity contribution in [3.8, 4) is 0 Å². The molecule has 1 atom stereocenters. The van der Waals surface area contributed by atoms with Gasteiger partial charge in [0.25, 0.3) is 0 Å². The lowest BCUT2D eigenvalue weighted by Crippen LogP contribution is -2.45. The predicted octanol–water partition coefficient (Wildman–Crippen LogP) is 0.345. The van der Waals surface area contributed by atoms with E-state index < -0.39 is 21.9 Å². The van der Waals surface area contributed by atoms with E-state index in [0.717, 1.165) is 25.9 Å². The van der Waals surface area contributed by atoms with Crippen molar-refractivity contribution in [3.63, 3.8) is 0 Å². The molecule has 0 bridgehead atoms. The minimum atomic E-state index is -3.85. The Balaban J connectivity index is 2.36. The molecule has 112 valence electrons. The first-order valence-corrected chi connectivity index (χ1v) is 7.87. The summed E-state index contributed by atoms with van der Waals surface area (Å²) in [7, 11) is -3.85. The van der Waals surface area contributed by atoms with Gasteiger partial charge in [-0.1, -0.05) is 0 Å². The van der Waals surface area contributed by atoms with Crippen molar-refractivity contribution in [1.82, 2.24) is 14.8 Å². The van der Waals surface area contributed by atoms with E-state index in [9.17, 15) is 13.2 Å². The van der Waals surface area contributed by atoms with Crippen LogP contribution in [-0.4, -0.2) is 39.7 Å². The van der Waals surface area contributed by atoms with Crippen LogP contribution in [0.1, 0.15) is 33.6 Å². The first-order valence-electron chi connectivity index (χ1n) is 6.39. The van der Waals surface area contributed by atoms with Crippen molar-refractivity contribution in [1.29, 1.82) is 0 Å². The molecule has 1 aliphatic heterocycles. The van der Waals surface area contributed by atoms with Crippen LogP contribution in [0.2, 0.25) is 0 Å². The highest BCUT2D eigenvalue weighted by Gasteiger charge is 2.22. The third-order valence-electron chi connectivity index (χ3n) is 2.58. The SMILES string of the molecule is CC(C)(C)OC(=O)NS(=O)(=O)NCC1CCCNC1. The van der Waals surface area contributed by atoms with Crippen molar-refractivity contribution >= 4 is 16.3 Å². The van der Waals surface area contributed by atoms with Crippen LogP contribution in [0.25, 0.3) is 0 Å². The normalized spacial score (nSPS) is 20.9. The number of hydrogen-bond donors (Lipinski definition) is 3. The van der Waals surface area contributed by atoms with Crippen LogP contribution >= 0.6 is 0 Å².